The number of ether oxygens (including phenoxy) is 3. The third-order valence-electron chi connectivity index (χ3n) is 13.7. The monoisotopic (exact) mass is 961 g/mol. The summed E-state index contributed by atoms with van der Waals surface area (Å²) in [6, 6.07) is 0. The highest BCUT2D eigenvalue weighted by Crippen LogP contribution is 2.22. The molecule has 0 unspecified atom stereocenters. The number of nitrogens with zero attached hydrogens (tertiary/aromatic N) is 2. The molecule has 0 bridgehead atoms. The molecule has 0 radical (unpaired) electrons. The van der Waals surface area contributed by atoms with Gasteiger partial charge in [0, 0.05) is 25.9 Å². The van der Waals surface area contributed by atoms with E-state index in [1.165, 1.54) is 77.0 Å². The number of hydrogen-bond acceptors (Lipinski definition) is 7. The van der Waals surface area contributed by atoms with Crippen molar-refractivity contribution < 1.29 is 28.6 Å². The van der Waals surface area contributed by atoms with Gasteiger partial charge in [-0.3, -0.25) is 9.59 Å². The summed E-state index contributed by atoms with van der Waals surface area (Å²) in [5.74, 6) is -0.00829. The van der Waals surface area contributed by atoms with Gasteiger partial charge >= 0.3 is 18.0 Å². The molecule has 0 saturated carbocycles. The second kappa shape index (κ2) is 51.3. The molecule has 8 nitrogen and oxygen atoms in total. The highest BCUT2D eigenvalue weighted by Gasteiger charge is 2.21. The molecule has 0 rings (SSSR count). The van der Waals surface area contributed by atoms with E-state index in [1.807, 2.05) is 4.90 Å². The van der Waals surface area contributed by atoms with Crippen molar-refractivity contribution in [1.29, 1.82) is 0 Å². The van der Waals surface area contributed by atoms with E-state index in [4.69, 9.17) is 14.2 Å². The van der Waals surface area contributed by atoms with Crippen LogP contribution in [-0.4, -0.2) is 79.9 Å². The number of esters is 2. The van der Waals surface area contributed by atoms with Crippen LogP contribution in [0.5, 0.6) is 0 Å². The topological polar surface area (TPSA) is 85.4 Å². The number of rotatable bonds is 52. The Morgan fingerprint density at radius 2 is 0.706 bits per heavy atom. The molecule has 0 fully saturated rings. The maximum Gasteiger partial charge on any atom is 0.410 e. The Labute approximate surface area is 423 Å². The van der Waals surface area contributed by atoms with Gasteiger partial charge in [0.2, 0.25) is 0 Å². The van der Waals surface area contributed by atoms with Crippen molar-refractivity contribution in [3.05, 3.63) is 12.2 Å². The number of amides is 1. The molecule has 0 aliphatic rings. The van der Waals surface area contributed by atoms with Crippen molar-refractivity contribution in [3.63, 3.8) is 0 Å². The van der Waals surface area contributed by atoms with E-state index in [1.54, 1.807) is 0 Å². The van der Waals surface area contributed by atoms with Gasteiger partial charge in [-0.05, 0) is 143 Å². The number of carbonyl (C=O) groups excluding carboxylic acids is 3. The standard InChI is InChI=1S/C60H116N2O6/c1-8-13-18-23-28-33-42-53-62(54-43-52-61(6)7)60(65)68-57(48-38-29-24-26-31-40-50-58(63)66-55(44-34-19-14-9-2)45-35-20-15-10-3)49-39-30-25-27-32-41-51-59(64)67-56(46-36-21-16-11-4)47-37-22-17-12-5/h13,18,55-57H,8-12,14-17,19-54H2,1-7H3/b18-13-. The molecule has 0 aromatic carbocycles. The van der Waals surface area contributed by atoms with E-state index in [-0.39, 0.29) is 36.3 Å². The van der Waals surface area contributed by atoms with Gasteiger partial charge in [0.15, 0.2) is 0 Å². The van der Waals surface area contributed by atoms with E-state index in [0.717, 1.165) is 199 Å². The second-order valence-electron chi connectivity index (χ2n) is 20.8. The maximum absolute atomic E-state index is 13.8. The first kappa shape index (κ1) is 65.9. The summed E-state index contributed by atoms with van der Waals surface area (Å²) in [6.45, 7) is 13.6. The van der Waals surface area contributed by atoms with E-state index in [9.17, 15) is 14.4 Å². The van der Waals surface area contributed by atoms with Gasteiger partial charge in [-0.15, -0.1) is 0 Å². The Morgan fingerprint density at radius 1 is 0.368 bits per heavy atom. The number of allylic oxidation sites excluding steroid dienone is 2. The summed E-state index contributed by atoms with van der Waals surface area (Å²) >= 11 is 0. The fraction of sp³-hybridized carbons (Fsp3) is 0.917. The first-order valence-electron chi connectivity index (χ1n) is 29.8. The van der Waals surface area contributed by atoms with Gasteiger partial charge in [0.1, 0.15) is 18.3 Å². The fourth-order valence-electron chi connectivity index (χ4n) is 9.28. The molecule has 0 atom stereocenters. The summed E-state index contributed by atoms with van der Waals surface area (Å²) in [7, 11) is 4.19. The normalized spacial score (nSPS) is 11.8. The Kier molecular flexibility index (Phi) is 49.7. The molecule has 0 spiro atoms. The van der Waals surface area contributed by atoms with Gasteiger partial charge in [-0.2, -0.15) is 0 Å². The molecule has 0 aromatic heterocycles. The Bertz CT molecular complexity index is 1050. The highest BCUT2D eigenvalue weighted by atomic mass is 16.6. The van der Waals surface area contributed by atoms with Crippen molar-refractivity contribution in [2.75, 3.05) is 33.7 Å². The Hall–Kier alpha value is -2.09. The van der Waals surface area contributed by atoms with Crippen molar-refractivity contribution in [2.24, 2.45) is 0 Å². The van der Waals surface area contributed by atoms with Crippen LogP contribution in [0.3, 0.4) is 0 Å². The van der Waals surface area contributed by atoms with Crippen molar-refractivity contribution in [2.45, 2.75) is 323 Å². The quantitative estimate of drug-likeness (QED) is 0.0260. The summed E-state index contributed by atoms with van der Waals surface area (Å²) in [6.07, 6.45) is 50.2. The first-order chi connectivity index (χ1) is 33.2. The molecule has 1 amide bonds. The van der Waals surface area contributed by atoms with Gasteiger partial charge in [0.25, 0.3) is 0 Å². The lowest BCUT2D eigenvalue weighted by molar-refractivity contribution is -0.151. The molecule has 402 valence electrons. The first-order valence-corrected chi connectivity index (χ1v) is 29.8. The summed E-state index contributed by atoms with van der Waals surface area (Å²) < 4.78 is 18.4. The Balaban J connectivity index is 5.07. The van der Waals surface area contributed by atoms with Crippen LogP contribution in [0, 0.1) is 0 Å². The third-order valence-corrected chi connectivity index (χ3v) is 13.7. The predicted molar refractivity (Wildman–Crippen MR) is 292 cm³/mol. The molecule has 0 aliphatic heterocycles. The molecular weight excluding hydrogens is 845 g/mol. The Morgan fingerprint density at radius 3 is 1.09 bits per heavy atom. The minimum Gasteiger partial charge on any atom is -0.462 e. The molecule has 0 saturated heterocycles. The zero-order valence-corrected chi connectivity index (χ0v) is 46.6. The van der Waals surface area contributed by atoms with Crippen LogP contribution in [0.4, 0.5) is 4.79 Å². The molecule has 0 N–H and O–H groups in total. The van der Waals surface area contributed by atoms with Gasteiger partial charge in [0.05, 0.1) is 0 Å². The smallest absolute Gasteiger partial charge is 0.410 e. The van der Waals surface area contributed by atoms with Crippen molar-refractivity contribution in [3.8, 4) is 0 Å². The van der Waals surface area contributed by atoms with Crippen LogP contribution in [-0.2, 0) is 23.8 Å². The minimum absolute atomic E-state index is 0.00414. The van der Waals surface area contributed by atoms with Gasteiger partial charge in [-0.25, -0.2) is 4.79 Å². The lowest BCUT2D eigenvalue weighted by Crippen LogP contribution is -2.37. The molecule has 68 heavy (non-hydrogen) atoms. The molecule has 0 heterocycles. The molecule has 8 heteroatoms. The molecule has 0 aromatic rings. The lowest BCUT2D eigenvalue weighted by atomic mass is 10.0. The van der Waals surface area contributed by atoms with E-state index in [2.05, 4.69) is 65.8 Å². The molecule has 0 aliphatic carbocycles. The van der Waals surface area contributed by atoms with Crippen LogP contribution in [0.25, 0.3) is 0 Å². The highest BCUT2D eigenvalue weighted by molar-refractivity contribution is 5.70. The van der Waals surface area contributed by atoms with Gasteiger partial charge in [-0.1, -0.05) is 182 Å². The predicted octanol–water partition coefficient (Wildman–Crippen LogP) is 18.2. The second-order valence-corrected chi connectivity index (χ2v) is 20.8. The van der Waals surface area contributed by atoms with Crippen LogP contribution in [0.1, 0.15) is 304 Å². The van der Waals surface area contributed by atoms with Gasteiger partial charge < -0.3 is 24.0 Å². The fourth-order valence-corrected chi connectivity index (χ4v) is 9.28. The van der Waals surface area contributed by atoms with Crippen LogP contribution < -0.4 is 0 Å². The van der Waals surface area contributed by atoms with Crippen LogP contribution in [0.2, 0.25) is 0 Å². The summed E-state index contributed by atoms with van der Waals surface area (Å²) in [5.41, 5.74) is 0. The summed E-state index contributed by atoms with van der Waals surface area (Å²) in [4.78, 5) is 43.6. The average molecular weight is 962 g/mol. The molecular formula is C60H116N2O6. The van der Waals surface area contributed by atoms with Crippen LogP contribution >= 0.6 is 0 Å². The number of carbonyl (C=O) groups is 3. The third kappa shape index (κ3) is 45.1. The largest absolute Gasteiger partial charge is 0.462 e. The minimum atomic E-state index is -0.133. The summed E-state index contributed by atoms with van der Waals surface area (Å²) in [5, 5.41) is 0. The maximum atomic E-state index is 13.8. The zero-order valence-electron chi connectivity index (χ0n) is 46.6. The van der Waals surface area contributed by atoms with E-state index in [0.29, 0.717) is 12.8 Å². The lowest BCUT2D eigenvalue weighted by Gasteiger charge is -2.26. The zero-order chi connectivity index (χ0) is 50.0. The van der Waals surface area contributed by atoms with E-state index < -0.39 is 0 Å². The van der Waals surface area contributed by atoms with Crippen molar-refractivity contribution >= 4 is 18.0 Å². The van der Waals surface area contributed by atoms with Crippen molar-refractivity contribution in [1.82, 2.24) is 9.80 Å². The number of unbranched alkanes of at least 4 members (excludes halogenated alkanes) is 25. The van der Waals surface area contributed by atoms with E-state index >= 15 is 0 Å². The SMILES string of the molecule is CC/C=C\CCCCCN(CCCN(C)C)C(=O)OC(CCCCCCCCC(=O)OC(CCCCCC)CCCCCC)CCCCCCCCC(=O)OC(CCCCCC)CCCCCC. The van der Waals surface area contributed by atoms with Crippen LogP contribution in [0.15, 0.2) is 12.2 Å². The average Bonchev–Trinajstić information content (AvgIpc) is 3.32. The number of hydrogen-bond donors (Lipinski definition) is 0.